The van der Waals surface area contributed by atoms with Gasteiger partial charge < -0.3 is 0 Å². The summed E-state index contributed by atoms with van der Waals surface area (Å²) in [6.07, 6.45) is 5.42. The number of allylic oxidation sites excluding steroid dienone is 2. The van der Waals surface area contributed by atoms with Gasteiger partial charge in [0.15, 0.2) is 0 Å². The fraction of sp³-hybridized carbons (Fsp3) is 0.667. The highest BCUT2D eigenvalue weighted by Gasteiger charge is 2.02. The van der Waals surface area contributed by atoms with Crippen molar-refractivity contribution in [3.05, 3.63) is 12.2 Å². The summed E-state index contributed by atoms with van der Waals surface area (Å²) < 4.78 is 0. The number of hydrogen-bond donors (Lipinski definition) is 0. The topological polar surface area (TPSA) is 17.1 Å². The highest BCUT2D eigenvalue weighted by Crippen LogP contribution is 2.05. The molecule has 0 fully saturated rings. The van der Waals surface area contributed by atoms with Gasteiger partial charge in [-0.15, -0.1) is 0 Å². The van der Waals surface area contributed by atoms with Gasteiger partial charge in [-0.05, 0) is 12.8 Å². The molecule has 1 nitrogen and oxygen atoms in total. The molecule has 58 valence electrons. The number of Topliss-reactive ketones (excluding diaryl/α,β-unsaturated/α-hetero) is 1. The van der Waals surface area contributed by atoms with Gasteiger partial charge >= 0.3 is 0 Å². The Labute approximate surface area is 63.1 Å². The molecule has 0 saturated carbocycles. The molecule has 0 aromatic carbocycles. The Hall–Kier alpha value is -0.590. The van der Waals surface area contributed by atoms with Crippen LogP contribution in [0.5, 0.6) is 0 Å². The monoisotopic (exact) mass is 140 g/mol. The van der Waals surface area contributed by atoms with Crippen LogP contribution < -0.4 is 0 Å². The van der Waals surface area contributed by atoms with E-state index in [-0.39, 0.29) is 0 Å². The molecule has 0 aliphatic rings. The van der Waals surface area contributed by atoms with Gasteiger partial charge in [0.05, 0.1) is 0 Å². The van der Waals surface area contributed by atoms with Crippen molar-refractivity contribution < 1.29 is 4.79 Å². The van der Waals surface area contributed by atoms with Crippen LogP contribution in [-0.2, 0) is 4.79 Å². The van der Waals surface area contributed by atoms with E-state index < -0.39 is 0 Å². The Kier molecular flexibility index (Phi) is 4.91. The Bertz CT molecular complexity index is 125. The lowest BCUT2D eigenvalue weighted by molar-refractivity contribution is -0.119. The van der Waals surface area contributed by atoms with Gasteiger partial charge in [0, 0.05) is 12.8 Å². The quantitative estimate of drug-likeness (QED) is 0.548. The van der Waals surface area contributed by atoms with Crippen LogP contribution in [0.25, 0.3) is 0 Å². The summed E-state index contributed by atoms with van der Waals surface area (Å²) in [7, 11) is 0. The second-order valence-electron chi connectivity index (χ2n) is 2.60. The van der Waals surface area contributed by atoms with E-state index in [1.165, 1.54) is 0 Å². The molecule has 0 spiro atoms. The van der Waals surface area contributed by atoms with Crippen LogP contribution in [-0.4, -0.2) is 5.78 Å². The Morgan fingerprint density at radius 1 is 1.60 bits per heavy atom. The predicted molar refractivity (Wildman–Crippen MR) is 43.9 cm³/mol. The molecule has 0 aliphatic carbocycles. The SMILES string of the molecule is CC=C[C@@H](C)CC(=O)CC. The normalized spacial score (nSPS) is 13.9. The summed E-state index contributed by atoms with van der Waals surface area (Å²) in [5.74, 6) is 0.767. The van der Waals surface area contributed by atoms with Crippen LogP contribution in [0.1, 0.15) is 33.6 Å². The molecule has 0 aromatic heterocycles. The fourth-order valence-corrected chi connectivity index (χ4v) is 0.900. The lowest BCUT2D eigenvalue weighted by atomic mass is 10.0. The first kappa shape index (κ1) is 9.41. The highest BCUT2D eigenvalue weighted by atomic mass is 16.1. The van der Waals surface area contributed by atoms with Crippen LogP contribution >= 0.6 is 0 Å². The molecule has 0 rings (SSSR count). The van der Waals surface area contributed by atoms with E-state index in [1.807, 2.05) is 19.9 Å². The standard InChI is InChI=1S/C9H16O/c1-4-6-8(3)7-9(10)5-2/h4,6,8H,5,7H2,1-3H3/t8-/m1/s1. The van der Waals surface area contributed by atoms with Crippen molar-refractivity contribution in [2.24, 2.45) is 5.92 Å². The van der Waals surface area contributed by atoms with Gasteiger partial charge in [-0.2, -0.15) is 0 Å². The summed E-state index contributed by atoms with van der Waals surface area (Å²) in [4.78, 5) is 10.9. The fourth-order valence-electron chi connectivity index (χ4n) is 0.900. The maximum Gasteiger partial charge on any atom is 0.133 e. The lowest BCUT2D eigenvalue weighted by Crippen LogP contribution is -2.01. The highest BCUT2D eigenvalue weighted by molar-refractivity contribution is 5.78. The molecule has 0 saturated heterocycles. The van der Waals surface area contributed by atoms with Gasteiger partial charge in [0.2, 0.25) is 0 Å². The minimum Gasteiger partial charge on any atom is -0.300 e. The number of carbonyl (C=O) groups is 1. The molecule has 0 heterocycles. The molecule has 0 unspecified atom stereocenters. The molecule has 0 aromatic rings. The number of rotatable bonds is 4. The van der Waals surface area contributed by atoms with Crippen molar-refractivity contribution in [2.75, 3.05) is 0 Å². The number of ketones is 1. The second-order valence-corrected chi connectivity index (χ2v) is 2.60. The van der Waals surface area contributed by atoms with E-state index in [9.17, 15) is 4.79 Å². The molecule has 0 radical (unpaired) electrons. The minimum atomic E-state index is 0.352. The number of hydrogen-bond acceptors (Lipinski definition) is 1. The molecular weight excluding hydrogens is 124 g/mol. The van der Waals surface area contributed by atoms with Crippen LogP contribution in [0.3, 0.4) is 0 Å². The number of carbonyl (C=O) groups excluding carboxylic acids is 1. The smallest absolute Gasteiger partial charge is 0.133 e. The van der Waals surface area contributed by atoms with Crippen molar-refractivity contribution in [2.45, 2.75) is 33.6 Å². The molecular formula is C9H16O. The summed E-state index contributed by atoms with van der Waals surface area (Å²) in [5.41, 5.74) is 0. The maximum absolute atomic E-state index is 10.9. The average molecular weight is 140 g/mol. The Balaban J connectivity index is 3.57. The van der Waals surface area contributed by atoms with Gasteiger partial charge in [0.25, 0.3) is 0 Å². The molecule has 1 heteroatoms. The van der Waals surface area contributed by atoms with Crippen LogP contribution in [0, 0.1) is 5.92 Å². The van der Waals surface area contributed by atoms with E-state index in [0.717, 1.165) is 0 Å². The van der Waals surface area contributed by atoms with Gasteiger partial charge in [-0.3, -0.25) is 4.79 Å². The van der Waals surface area contributed by atoms with Crippen LogP contribution in [0.15, 0.2) is 12.2 Å². The van der Waals surface area contributed by atoms with Gasteiger partial charge in [0.1, 0.15) is 5.78 Å². The zero-order valence-electron chi connectivity index (χ0n) is 7.05. The van der Waals surface area contributed by atoms with Gasteiger partial charge in [-0.25, -0.2) is 0 Å². The Morgan fingerprint density at radius 3 is 2.60 bits per heavy atom. The van der Waals surface area contributed by atoms with Crippen molar-refractivity contribution >= 4 is 5.78 Å². The maximum atomic E-state index is 10.9. The summed E-state index contributed by atoms with van der Waals surface area (Å²) in [6, 6.07) is 0. The first-order valence-corrected chi connectivity index (χ1v) is 3.85. The molecule has 1 atom stereocenters. The molecule has 0 bridgehead atoms. The average Bonchev–Trinajstić information content (AvgIpc) is 1.88. The third kappa shape index (κ3) is 4.30. The first-order valence-electron chi connectivity index (χ1n) is 3.85. The lowest BCUT2D eigenvalue weighted by Gasteiger charge is -2.01. The van der Waals surface area contributed by atoms with Gasteiger partial charge in [-0.1, -0.05) is 26.0 Å². The Morgan fingerprint density at radius 2 is 2.20 bits per heavy atom. The van der Waals surface area contributed by atoms with E-state index in [2.05, 4.69) is 13.0 Å². The third-order valence-electron chi connectivity index (χ3n) is 1.46. The zero-order valence-corrected chi connectivity index (χ0v) is 7.05. The van der Waals surface area contributed by atoms with Crippen LogP contribution in [0.4, 0.5) is 0 Å². The van der Waals surface area contributed by atoms with E-state index >= 15 is 0 Å². The summed E-state index contributed by atoms with van der Waals surface area (Å²) >= 11 is 0. The third-order valence-corrected chi connectivity index (χ3v) is 1.46. The van der Waals surface area contributed by atoms with Crippen molar-refractivity contribution in [3.63, 3.8) is 0 Å². The first-order chi connectivity index (χ1) is 4.70. The molecule has 0 aliphatic heterocycles. The predicted octanol–water partition coefficient (Wildman–Crippen LogP) is 2.57. The minimum absolute atomic E-state index is 0.352. The van der Waals surface area contributed by atoms with E-state index in [1.54, 1.807) is 0 Å². The van der Waals surface area contributed by atoms with Crippen LogP contribution in [0.2, 0.25) is 0 Å². The van der Waals surface area contributed by atoms with Crippen molar-refractivity contribution in [1.82, 2.24) is 0 Å². The molecule has 10 heavy (non-hydrogen) atoms. The summed E-state index contributed by atoms with van der Waals surface area (Å²) in [6.45, 7) is 5.95. The van der Waals surface area contributed by atoms with Crippen molar-refractivity contribution in [1.29, 1.82) is 0 Å². The van der Waals surface area contributed by atoms with E-state index in [4.69, 9.17) is 0 Å². The largest absolute Gasteiger partial charge is 0.300 e. The molecule has 0 amide bonds. The molecule has 0 N–H and O–H groups in total. The van der Waals surface area contributed by atoms with E-state index in [0.29, 0.717) is 24.5 Å². The summed E-state index contributed by atoms with van der Waals surface area (Å²) in [5, 5.41) is 0. The second kappa shape index (κ2) is 5.21. The zero-order chi connectivity index (χ0) is 7.98. The van der Waals surface area contributed by atoms with Crippen molar-refractivity contribution in [3.8, 4) is 0 Å².